The summed E-state index contributed by atoms with van der Waals surface area (Å²) in [5, 5.41) is 9.83. The van der Waals surface area contributed by atoms with Gasteiger partial charge >= 0.3 is 0 Å². The van der Waals surface area contributed by atoms with Crippen molar-refractivity contribution in [3.8, 4) is 0 Å². The van der Waals surface area contributed by atoms with E-state index in [2.05, 4.69) is 25.8 Å². The van der Waals surface area contributed by atoms with Gasteiger partial charge in [0.2, 0.25) is 0 Å². The van der Waals surface area contributed by atoms with Gasteiger partial charge in [-0.3, -0.25) is 9.79 Å². The molecule has 0 unspecified atom stereocenters. The highest BCUT2D eigenvalue weighted by atomic mass is 16.3. The molecule has 168 valence electrons. The molecule has 0 bridgehead atoms. The number of hydrogen-bond acceptors (Lipinski definition) is 4. The number of aliphatic imine (C=N–C) groups is 1. The fourth-order valence-electron chi connectivity index (χ4n) is 4.57. The van der Waals surface area contributed by atoms with E-state index >= 15 is 0 Å². The van der Waals surface area contributed by atoms with Crippen LogP contribution in [-0.2, 0) is 0 Å². The second kappa shape index (κ2) is 12.0. The number of guanidine groups is 1. The van der Waals surface area contributed by atoms with Crippen LogP contribution in [-0.4, -0.2) is 62.6 Å². The van der Waals surface area contributed by atoms with Crippen LogP contribution in [0.1, 0.15) is 67.5 Å². The molecule has 2 heterocycles. The van der Waals surface area contributed by atoms with Gasteiger partial charge in [0.25, 0.3) is 5.91 Å². The average molecular weight is 418 g/mol. The van der Waals surface area contributed by atoms with E-state index in [9.17, 15) is 4.79 Å². The first-order chi connectivity index (χ1) is 14.7. The lowest BCUT2D eigenvalue weighted by Gasteiger charge is -2.36. The lowest BCUT2D eigenvalue weighted by Crippen LogP contribution is -2.49. The number of nitrogens with one attached hydrogen (secondary N) is 3. The molecule has 1 saturated carbocycles. The van der Waals surface area contributed by atoms with Crippen LogP contribution in [0.25, 0.3) is 0 Å². The first-order valence-corrected chi connectivity index (χ1v) is 11.7. The van der Waals surface area contributed by atoms with Crippen LogP contribution in [0.3, 0.4) is 0 Å². The van der Waals surface area contributed by atoms with Crippen molar-refractivity contribution < 1.29 is 9.21 Å². The zero-order valence-corrected chi connectivity index (χ0v) is 18.7. The minimum Gasteiger partial charge on any atom is -0.459 e. The van der Waals surface area contributed by atoms with Crippen LogP contribution in [0.5, 0.6) is 0 Å². The predicted octanol–water partition coefficient (Wildman–Crippen LogP) is 2.92. The highest BCUT2D eigenvalue weighted by Gasteiger charge is 2.23. The van der Waals surface area contributed by atoms with Crippen molar-refractivity contribution in [2.75, 3.05) is 39.8 Å². The highest BCUT2D eigenvalue weighted by molar-refractivity contribution is 5.92. The Labute approximate surface area is 181 Å². The van der Waals surface area contributed by atoms with Crippen molar-refractivity contribution in [1.82, 2.24) is 20.9 Å². The van der Waals surface area contributed by atoms with Crippen molar-refractivity contribution in [2.45, 2.75) is 64.3 Å². The van der Waals surface area contributed by atoms with E-state index in [1.165, 1.54) is 64.6 Å². The molecule has 0 atom stereocenters. The molecule has 30 heavy (non-hydrogen) atoms. The molecular formula is C23H39N5O2. The summed E-state index contributed by atoms with van der Waals surface area (Å²) in [6, 6.07) is 2.28. The zero-order chi connectivity index (χ0) is 21.2. The number of carbonyl (C=O) groups is 1. The number of aryl methyl sites for hydroxylation is 1. The van der Waals surface area contributed by atoms with Gasteiger partial charge in [-0.25, -0.2) is 0 Å². The molecule has 7 nitrogen and oxygen atoms in total. The molecule has 2 fully saturated rings. The maximum Gasteiger partial charge on any atom is 0.287 e. The zero-order valence-electron chi connectivity index (χ0n) is 18.7. The summed E-state index contributed by atoms with van der Waals surface area (Å²) in [4.78, 5) is 19.0. The van der Waals surface area contributed by atoms with Crippen molar-refractivity contribution >= 4 is 11.9 Å². The Morgan fingerprint density at radius 1 is 1.13 bits per heavy atom. The molecule has 3 N–H and O–H groups in total. The van der Waals surface area contributed by atoms with Crippen LogP contribution in [0.2, 0.25) is 0 Å². The molecule has 0 radical (unpaired) electrons. The van der Waals surface area contributed by atoms with E-state index in [0.717, 1.165) is 30.4 Å². The summed E-state index contributed by atoms with van der Waals surface area (Å²) in [5.41, 5.74) is 0.861. The lowest BCUT2D eigenvalue weighted by molar-refractivity contribution is 0.0925. The number of piperidine rings is 1. The largest absolute Gasteiger partial charge is 0.459 e. The van der Waals surface area contributed by atoms with Gasteiger partial charge in [0.15, 0.2) is 11.7 Å². The molecule has 1 aromatic heterocycles. The third-order valence-electron chi connectivity index (χ3n) is 6.39. The molecule has 2 aliphatic rings. The first kappa shape index (κ1) is 22.7. The van der Waals surface area contributed by atoms with E-state index in [1.807, 2.05) is 14.0 Å². The number of likely N-dealkylation sites (tertiary alicyclic amines) is 1. The van der Waals surface area contributed by atoms with Crippen LogP contribution < -0.4 is 16.0 Å². The van der Waals surface area contributed by atoms with Crippen LogP contribution in [0.15, 0.2) is 21.7 Å². The van der Waals surface area contributed by atoms with Gasteiger partial charge in [-0.2, -0.15) is 0 Å². The number of hydrogen-bond donors (Lipinski definition) is 3. The van der Waals surface area contributed by atoms with E-state index in [-0.39, 0.29) is 5.91 Å². The maximum atomic E-state index is 12.0. The number of amides is 1. The fourth-order valence-corrected chi connectivity index (χ4v) is 4.57. The molecule has 1 aromatic rings. The Morgan fingerprint density at radius 3 is 2.53 bits per heavy atom. The maximum absolute atomic E-state index is 12.0. The number of rotatable bonds is 8. The van der Waals surface area contributed by atoms with Gasteiger partial charge in [-0.05, 0) is 51.0 Å². The summed E-state index contributed by atoms with van der Waals surface area (Å²) >= 11 is 0. The predicted molar refractivity (Wildman–Crippen MR) is 121 cm³/mol. The summed E-state index contributed by atoms with van der Waals surface area (Å²) in [7, 11) is 1.81. The summed E-state index contributed by atoms with van der Waals surface area (Å²) < 4.78 is 5.21. The quantitative estimate of drug-likeness (QED) is 0.344. The molecule has 0 aromatic carbocycles. The number of carbonyl (C=O) groups excluding carboxylic acids is 1. The number of nitrogens with zero attached hydrogens (tertiary/aromatic N) is 2. The van der Waals surface area contributed by atoms with Crippen LogP contribution in [0.4, 0.5) is 0 Å². The minimum absolute atomic E-state index is 0.153. The van der Waals surface area contributed by atoms with Crippen molar-refractivity contribution in [3.05, 3.63) is 23.7 Å². The van der Waals surface area contributed by atoms with E-state index in [1.54, 1.807) is 12.3 Å². The van der Waals surface area contributed by atoms with Crippen molar-refractivity contribution in [3.63, 3.8) is 0 Å². The molecule has 1 saturated heterocycles. The Bertz CT molecular complexity index is 673. The van der Waals surface area contributed by atoms with Gasteiger partial charge in [-0.1, -0.05) is 19.3 Å². The normalized spacial score (nSPS) is 19.6. The van der Waals surface area contributed by atoms with Crippen molar-refractivity contribution in [1.29, 1.82) is 0 Å². The summed E-state index contributed by atoms with van der Waals surface area (Å²) in [5.74, 6) is 2.03. The molecule has 1 aliphatic carbocycles. The second-order valence-corrected chi connectivity index (χ2v) is 8.76. The molecular weight excluding hydrogens is 378 g/mol. The van der Waals surface area contributed by atoms with Gasteiger partial charge < -0.3 is 25.3 Å². The Hall–Kier alpha value is -2.02. The van der Waals surface area contributed by atoms with Gasteiger partial charge in [-0.15, -0.1) is 0 Å². The standard InChI is InChI=1S/C23H39N5O2/c1-18-11-16-30-21(18)22(29)25-12-6-13-26-23(24-2)27-20-9-14-28(15-10-20)17-19-7-4-3-5-8-19/h11,16,19-20H,3-10,12-15,17H2,1-2H3,(H,25,29)(H2,24,26,27). The van der Waals surface area contributed by atoms with Crippen LogP contribution >= 0.6 is 0 Å². The van der Waals surface area contributed by atoms with E-state index in [0.29, 0.717) is 18.3 Å². The Balaban J connectivity index is 1.27. The highest BCUT2D eigenvalue weighted by Crippen LogP contribution is 2.25. The van der Waals surface area contributed by atoms with Gasteiger partial charge in [0.1, 0.15) is 0 Å². The first-order valence-electron chi connectivity index (χ1n) is 11.7. The SMILES string of the molecule is CN=C(NCCCNC(=O)c1occc1C)NC1CCN(CC2CCCCC2)CC1. The summed E-state index contributed by atoms with van der Waals surface area (Å²) in [6.07, 6.45) is 11.9. The third-order valence-corrected chi connectivity index (χ3v) is 6.39. The van der Waals surface area contributed by atoms with E-state index < -0.39 is 0 Å². The minimum atomic E-state index is -0.153. The molecule has 3 rings (SSSR count). The van der Waals surface area contributed by atoms with Gasteiger partial charge in [0.05, 0.1) is 6.26 Å². The van der Waals surface area contributed by atoms with Gasteiger partial charge in [0, 0.05) is 51.4 Å². The molecule has 1 aliphatic heterocycles. The Kier molecular flexibility index (Phi) is 9.05. The van der Waals surface area contributed by atoms with E-state index in [4.69, 9.17) is 4.42 Å². The van der Waals surface area contributed by atoms with Crippen molar-refractivity contribution in [2.24, 2.45) is 10.9 Å². The topological polar surface area (TPSA) is 81.9 Å². The monoisotopic (exact) mass is 417 g/mol. The van der Waals surface area contributed by atoms with Crippen LogP contribution in [0, 0.1) is 12.8 Å². The Morgan fingerprint density at radius 2 is 1.87 bits per heavy atom. The lowest BCUT2D eigenvalue weighted by atomic mass is 9.88. The summed E-state index contributed by atoms with van der Waals surface area (Å²) in [6.45, 7) is 6.89. The second-order valence-electron chi connectivity index (χ2n) is 8.76. The molecule has 1 amide bonds. The average Bonchev–Trinajstić information content (AvgIpc) is 3.20. The molecule has 7 heteroatoms. The number of furan rings is 1. The molecule has 0 spiro atoms. The third kappa shape index (κ3) is 7.04. The smallest absolute Gasteiger partial charge is 0.287 e. The fraction of sp³-hybridized carbons (Fsp3) is 0.739.